The van der Waals surface area contributed by atoms with Gasteiger partial charge in [0.15, 0.2) is 0 Å². The average Bonchev–Trinajstić information content (AvgIpc) is 2.42. The van der Waals surface area contributed by atoms with Gasteiger partial charge in [-0.1, -0.05) is 67.6 Å². The lowest BCUT2D eigenvalue weighted by atomic mass is 9.99. The van der Waals surface area contributed by atoms with Gasteiger partial charge in [-0.15, -0.1) is 0 Å². The Kier molecular flexibility index (Phi) is 4.30. The fraction of sp³-hybridized carbons (Fsp3) is 0.200. The fourth-order valence-corrected chi connectivity index (χ4v) is 1.85. The molecule has 0 aliphatic rings. The molecule has 2 aromatic carbocycles. The van der Waals surface area contributed by atoms with Crippen molar-refractivity contribution in [3.05, 3.63) is 71.8 Å². The van der Waals surface area contributed by atoms with Crippen molar-refractivity contribution in [1.82, 2.24) is 10.9 Å². The van der Waals surface area contributed by atoms with Gasteiger partial charge in [0.05, 0.1) is 6.04 Å². The molecule has 0 unspecified atom stereocenters. The van der Waals surface area contributed by atoms with Crippen LogP contribution in [0.2, 0.25) is 0 Å². The van der Waals surface area contributed by atoms with E-state index in [2.05, 4.69) is 66.3 Å². The third kappa shape index (κ3) is 3.16. The lowest BCUT2D eigenvalue weighted by Gasteiger charge is -2.19. The Labute approximate surface area is 103 Å². The van der Waals surface area contributed by atoms with Gasteiger partial charge in [0.1, 0.15) is 0 Å². The van der Waals surface area contributed by atoms with Crippen molar-refractivity contribution < 1.29 is 0 Å². The maximum atomic E-state index is 3.35. The zero-order chi connectivity index (χ0) is 11.9. The van der Waals surface area contributed by atoms with Crippen LogP contribution in [0.15, 0.2) is 60.7 Å². The molecule has 0 atom stereocenters. The van der Waals surface area contributed by atoms with Gasteiger partial charge in [-0.3, -0.25) is 5.43 Å². The predicted molar refractivity (Wildman–Crippen MR) is 71.5 cm³/mol. The highest BCUT2D eigenvalue weighted by Crippen LogP contribution is 2.20. The fourth-order valence-electron chi connectivity index (χ4n) is 1.85. The monoisotopic (exact) mass is 226 g/mol. The number of benzene rings is 2. The molecule has 0 bridgehead atoms. The van der Waals surface area contributed by atoms with E-state index < -0.39 is 0 Å². The molecule has 0 aliphatic carbocycles. The minimum atomic E-state index is 0.192. The van der Waals surface area contributed by atoms with Crippen molar-refractivity contribution in [2.24, 2.45) is 0 Å². The minimum Gasteiger partial charge on any atom is -0.257 e. The van der Waals surface area contributed by atoms with E-state index in [1.165, 1.54) is 11.1 Å². The van der Waals surface area contributed by atoms with Crippen LogP contribution in [0.25, 0.3) is 0 Å². The summed E-state index contributed by atoms with van der Waals surface area (Å²) in [7, 11) is 0. The standard InChI is InChI=1S/C15H18N2/c1-2-16-17-15(13-9-5-3-6-10-13)14-11-7-4-8-12-14/h3-12,15-17H,2H2,1H3. The summed E-state index contributed by atoms with van der Waals surface area (Å²) < 4.78 is 0. The maximum absolute atomic E-state index is 3.35. The van der Waals surface area contributed by atoms with E-state index in [0.29, 0.717) is 0 Å². The summed E-state index contributed by atoms with van der Waals surface area (Å²) in [5, 5.41) is 0. The van der Waals surface area contributed by atoms with Crippen molar-refractivity contribution in [3.63, 3.8) is 0 Å². The number of rotatable bonds is 5. The van der Waals surface area contributed by atoms with Crippen LogP contribution in [0.3, 0.4) is 0 Å². The molecule has 2 nitrogen and oxygen atoms in total. The van der Waals surface area contributed by atoms with Crippen molar-refractivity contribution in [2.75, 3.05) is 6.54 Å². The second-order valence-corrected chi connectivity index (χ2v) is 3.93. The number of hydrazine groups is 1. The lowest BCUT2D eigenvalue weighted by molar-refractivity contribution is 0.496. The van der Waals surface area contributed by atoms with Crippen molar-refractivity contribution in [1.29, 1.82) is 0 Å². The van der Waals surface area contributed by atoms with E-state index in [9.17, 15) is 0 Å². The SMILES string of the molecule is CCNNC(c1ccccc1)c1ccccc1. The summed E-state index contributed by atoms with van der Waals surface area (Å²) in [5.74, 6) is 0. The number of hydrogen-bond acceptors (Lipinski definition) is 2. The van der Waals surface area contributed by atoms with E-state index in [1.54, 1.807) is 0 Å². The van der Waals surface area contributed by atoms with E-state index in [4.69, 9.17) is 0 Å². The van der Waals surface area contributed by atoms with Crippen LogP contribution in [0.4, 0.5) is 0 Å². The molecule has 17 heavy (non-hydrogen) atoms. The molecular weight excluding hydrogens is 208 g/mol. The van der Waals surface area contributed by atoms with Gasteiger partial charge < -0.3 is 0 Å². The first kappa shape index (κ1) is 11.8. The van der Waals surface area contributed by atoms with Crippen LogP contribution in [0, 0.1) is 0 Å². The third-order valence-corrected chi connectivity index (χ3v) is 2.69. The van der Waals surface area contributed by atoms with Crippen molar-refractivity contribution in [2.45, 2.75) is 13.0 Å². The second kappa shape index (κ2) is 6.18. The minimum absolute atomic E-state index is 0.192. The molecule has 0 fully saturated rings. The largest absolute Gasteiger partial charge is 0.257 e. The third-order valence-electron chi connectivity index (χ3n) is 2.69. The smallest absolute Gasteiger partial charge is 0.0712 e. The molecule has 0 aromatic heterocycles. The Morgan fingerprint density at radius 3 is 1.71 bits per heavy atom. The summed E-state index contributed by atoms with van der Waals surface area (Å²) in [6, 6.07) is 21.1. The highest BCUT2D eigenvalue weighted by molar-refractivity contribution is 5.31. The molecule has 0 spiro atoms. The van der Waals surface area contributed by atoms with Gasteiger partial charge in [-0.25, -0.2) is 5.43 Å². The Hall–Kier alpha value is -1.64. The Morgan fingerprint density at radius 1 is 0.824 bits per heavy atom. The molecule has 0 amide bonds. The second-order valence-electron chi connectivity index (χ2n) is 3.93. The summed E-state index contributed by atoms with van der Waals surface area (Å²) in [6.45, 7) is 2.98. The van der Waals surface area contributed by atoms with Crippen LogP contribution < -0.4 is 10.9 Å². The molecule has 0 aliphatic heterocycles. The van der Waals surface area contributed by atoms with Crippen molar-refractivity contribution in [3.8, 4) is 0 Å². The molecule has 0 saturated carbocycles. The molecule has 2 N–H and O–H groups in total. The first-order chi connectivity index (χ1) is 8.42. The van der Waals surface area contributed by atoms with Gasteiger partial charge in [0.25, 0.3) is 0 Å². The Bertz CT molecular complexity index is 386. The topological polar surface area (TPSA) is 24.1 Å². The molecule has 0 saturated heterocycles. The maximum Gasteiger partial charge on any atom is 0.0712 e. The number of nitrogens with one attached hydrogen (secondary N) is 2. The summed E-state index contributed by atoms with van der Waals surface area (Å²) in [6.07, 6.45) is 0. The van der Waals surface area contributed by atoms with Gasteiger partial charge in [-0.05, 0) is 11.1 Å². The molecular formula is C15H18N2. The lowest BCUT2D eigenvalue weighted by Crippen LogP contribution is -2.35. The van der Waals surface area contributed by atoms with E-state index in [-0.39, 0.29) is 6.04 Å². The van der Waals surface area contributed by atoms with Crippen LogP contribution >= 0.6 is 0 Å². The zero-order valence-electron chi connectivity index (χ0n) is 10.1. The molecule has 2 heteroatoms. The summed E-state index contributed by atoms with van der Waals surface area (Å²) in [5.41, 5.74) is 9.07. The van der Waals surface area contributed by atoms with Gasteiger partial charge in [-0.2, -0.15) is 0 Å². The first-order valence-corrected chi connectivity index (χ1v) is 6.00. The quantitative estimate of drug-likeness (QED) is 0.766. The van der Waals surface area contributed by atoms with Gasteiger partial charge >= 0.3 is 0 Å². The van der Waals surface area contributed by atoms with Crippen LogP contribution in [-0.2, 0) is 0 Å². The molecule has 0 radical (unpaired) electrons. The van der Waals surface area contributed by atoms with Crippen LogP contribution in [-0.4, -0.2) is 6.54 Å². The van der Waals surface area contributed by atoms with Crippen LogP contribution in [0.5, 0.6) is 0 Å². The molecule has 0 heterocycles. The molecule has 2 aromatic rings. The van der Waals surface area contributed by atoms with Gasteiger partial charge in [0.2, 0.25) is 0 Å². The molecule has 2 rings (SSSR count). The van der Waals surface area contributed by atoms with Gasteiger partial charge in [0, 0.05) is 6.54 Å². The Balaban J connectivity index is 2.26. The number of hydrogen-bond donors (Lipinski definition) is 2. The Morgan fingerprint density at radius 2 is 1.29 bits per heavy atom. The van der Waals surface area contributed by atoms with Crippen LogP contribution in [0.1, 0.15) is 24.1 Å². The summed E-state index contributed by atoms with van der Waals surface area (Å²) >= 11 is 0. The normalized spacial score (nSPS) is 10.7. The van der Waals surface area contributed by atoms with E-state index in [1.807, 2.05) is 12.1 Å². The van der Waals surface area contributed by atoms with E-state index >= 15 is 0 Å². The van der Waals surface area contributed by atoms with E-state index in [0.717, 1.165) is 6.54 Å². The first-order valence-electron chi connectivity index (χ1n) is 6.00. The summed E-state index contributed by atoms with van der Waals surface area (Å²) in [4.78, 5) is 0. The molecule has 88 valence electrons. The predicted octanol–water partition coefficient (Wildman–Crippen LogP) is 2.89. The average molecular weight is 226 g/mol. The highest BCUT2D eigenvalue weighted by atomic mass is 15.4. The zero-order valence-corrected chi connectivity index (χ0v) is 10.1. The highest BCUT2D eigenvalue weighted by Gasteiger charge is 2.11. The van der Waals surface area contributed by atoms with Crippen molar-refractivity contribution >= 4 is 0 Å².